The van der Waals surface area contributed by atoms with E-state index in [4.69, 9.17) is 11.5 Å². The smallest absolute Gasteiger partial charge is 0.237 e. The van der Waals surface area contributed by atoms with E-state index in [1.54, 1.807) is 16.2 Å². The van der Waals surface area contributed by atoms with Crippen LogP contribution in [0.4, 0.5) is 0 Å². The number of carbonyl (C=O) groups is 3. The Morgan fingerprint density at radius 2 is 1.60 bits per heavy atom. The molecule has 12 heteroatoms. The fraction of sp³-hybridized carbons (Fsp3) is 0.550. The van der Waals surface area contributed by atoms with Gasteiger partial charge in [0.1, 0.15) is 6.23 Å². The molecule has 1 aliphatic rings. The molecule has 52 heavy (non-hydrogen) atoms. The fourth-order valence-electron chi connectivity index (χ4n) is 6.75. The van der Waals surface area contributed by atoms with Crippen molar-refractivity contribution in [1.82, 2.24) is 20.5 Å². The summed E-state index contributed by atoms with van der Waals surface area (Å²) in [6.07, 6.45) is 4.67. The lowest BCUT2D eigenvalue weighted by atomic mass is 9.84. The molecule has 3 amide bonds. The zero-order chi connectivity index (χ0) is 37.8. The molecule has 0 bridgehead atoms. The number of aliphatic hydroxyl groups excluding tert-OH is 2. The maximum absolute atomic E-state index is 13.4. The number of hydrogen-bond donors (Lipinski definition) is 6. The van der Waals surface area contributed by atoms with E-state index in [0.29, 0.717) is 32.2 Å². The second-order valence-electron chi connectivity index (χ2n) is 15.3. The average Bonchev–Trinajstić information content (AvgIpc) is 3.72. The Morgan fingerprint density at radius 3 is 2.19 bits per heavy atom. The van der Waals surface area contributed by atoms with E-state index in [-0.39, 0.29) is 36.7 Å². The molecule has 8 N–H and O–H groups in total. The topological polar surface area (TPSA) is 184 Å². The average molecular weight is 735 g/mol. The van der Waals surface area contributed by atoms with Crippen LogP contribution in [-0.4, -0.2) is 74.8 Å². The molecule has 1 saturated heterocycles. The van der Waals surface area contributed by atoms with Gasteiger partial charge >= 0.3 is 0 Å². The van der Waals surface area contributed by atoms with Crippen molar-refractivity contribution < 1.29 is 24.6 Å². The zero-order valence-electron chi connectivity index (χ0n) is 31.1. The van der Waals surface area contributed by atoms with Crippen LogP contribution in [0.5, 0.6) is 0 Å². The van der Waals surface area contributed by atoms with Crippen LogP contribution in [0.2, 0.25) is 0 Å². The summed E-state index contributed by atoms with van der Waals surface area (Å²) in [7, 11) is 0. The molecule has 11 nitrogen and oxygen atoms in total. The van der Waals surface area contributed by atoms with Crippen molar-refractivity contribution in [3.05, 3.63) is 76.4 Å². The Morgan fingerprint density at radius 1 is 0.962 bits per heavy atom. The van der Waals surface area contributed by atoms with Crippen molar-refractivity contribution in [3.8, 4) is 10.4 Å². The molecule has 1 aromatic heterocycles. The van der Waals surface area contributed by atoms with Crippen molar-refractivity contribution in [2.75, 3.05) is 6.54 Å². The van der Waals surface area contributed by atoms with Crippen LogP contribution in [0.15, 0.2) is 54.0 Å². The Hall–Kier alpha value is -3.68. The summed E-state index contributed by atoms with van der Waals surface area (Å²) in [4.78, 5) is 44.6. The number of unbranched alkanes of at least 4 members (excludes halogenated alkanes) is 1. The van der Waals surface area contributed by atoms with Crippen LogP contribution >= 0.6 is 11.3 Å². The molecule has 0 aliphatic carbocycles. The first-order chi connectivity index (χ1) is 24.7. The number of nitrogens with one attached hydrogen (secondary N) is 2. The Bertz CT molecular complexity index is 1590. The molecule has 1 aliphatic heterocycles. The monoisotopic (exact) mass is 734 g/mol. The van der Waals surface area contributed by atoms with Gasteiger partial charge in [0.25, 0.3) is 0 Å². The summed E-state index contributed by atoms with van der Waals surface area (Å²) < 4.78 is 0. The number of thiazole rings is 1. The quantitative estimate of drug-likeness (QED) is 0.0983. The van der Waals surface area contributed by atoms with Crippen LogP contribution in [0, 0.1) is 12.3 Å². The highest BCUT2D eigenvalue weighted by Gasteiger charge is 2.45. The lowest BCUT2D eigenvalue weighted by molar-refractivity contribution is -0.135. The van der Waals surface area contributed by atoms with Gasteiger partial charge in [-0.15, -0.1) is 11.3 Å². The van der Waals surface area contributed by atoms with Gasteiger partial charge in [-0.2, -0.15) is 0 Å². The van der Waals surface area contributed by atoms with Crippen LogP contribution in [0.3, 0.4) is 0 Å². The molecule has 1 unspecified atom stereocenters. The Labute approximate surface area is 312 Å². The first-order valence-electron chi connectivity index (χ1n) is 18.5. The first-order valence-corrected chi connectivity index (χ1v) is 19.4. The number of likely N-dealkylation sites (tertiary alicyclic amines) is 1. The minimum absolute atomic E-state index is 0.0118. The van der Waals surface area contributed by atoms with E-state index in [1.165, 1.54) is 11.1 Å². The highest BCUT2D eigenvalue weighted by Crippen LogP contribution is 2.30. The van der Waals surface area contributed by atoms with Crippen molar-refractivity contribution in [2.45, 2.75) is 129 Å². The highest BCUT2D eigenvalue weighted by atomic mass is 32.1. The van der Waals surface area contributed by atoms with Gasteiger partial charge in [-0.25, -0.2) is 4.98 Å². The SMILES string of the molecule is Cc1ncsc1-c1ccc(CNC(=O)[C@@H]2C[C@@H](O)CN2C(O)[C@@H](NC(=O)CCCCc2ccc(CCC[C@@H](N)CCC(N)=O)cc2)C(C)(C)C)cc1. The van der Waals surface area contributed by atoms with Gasteiger partial charge in [0.15, 0.2) is 0 Å². The van der Waals surface area contributed by atoms with Crippen LogP contribution < -0.4 is 22.1 Å². The standard InChI is InChI=1S/C40H58N6O5S/c1-26-36(52-25-44-26)30-18-16-29(17-19-30)23-43-38(50)33-22-32(47)24-46(33)39(51)37(40(2,3)4)45-35(49)11-6-5-8-27-12-14-28(15-13-27)9-7-10-31(41)20-21-34(42)48/h12-19,25,31-33,37,39,47,51H,5-11,20-24,41H2,1-4H3,(H2,42,48)(H,43,50)(H,45,49)/t31-,32-,33+,37-,39?/m1/s1. The van der Waals surface area contributed by atoms with Gasteiger partial charge in [-0.1, -0.05) is 69.3 Å². The van der Waals surface area contributed by atoms with Crippen molar-refractivity contribution >= 4 is 29.1 Å². The Kier molecular flexibility index (Phi) is 15.3. The number of nitrogens with zero attached hydrogens (tertiary/aromatic N) is 2. The number of nitrogens with two attached hydrogens (primary N) is 2. The molecule has 284 valence electrons. The van der Waals surface area contributed by atoms with Gasteiger partial charge in [0, 0.05) is 32.0 Å². The summed E-state index contributed by atoms with van der Waals surface area (Å²) in [5, 5.41) is 28.2. The number of carbonyl (C=O) groups excluding carboxylic acids is 3. The third-order valence-corrected chi connectivity index (χ3v) is 10.9. The normalized spacial score (nSPS) is 18.1. The van der Waals surface area contributed by atoms with Gasteiger partial charge in [0.2, 0.25) is 17.7 Å². The second kappa shape index (κ2) is 19.4. The summed E-state index contributed by atoms with van der Waals surface area (Å²) in [5.41, 5.74) is 18.1. The van der Waals surface area contributed by atoms with Gasteiger partial charge in [-0.3, -0.25) is 19.3 Å². The van der Waals surface area contributed by atoms with Crippen LogP contribution in [0.25, 0.3) is 10.4 Å². The van der Waals surface area contributed by atoms with E-state index in [9.17, 15) is 24.6 Å². The number of benzene rings is 2. The van der Waals surface area contributed by atoms with E-state index in [2.05, 4.69) is 39.9 Å². The minimum Gasteiger partial charge on any atom is -0.392 e. The largest absolute Gasteiger partial charge is 0.392 e. The predicted octanol–water partition coefficient (Wildman–Crippen LogP) is 4.35. The minimum atomic E-state index is -1.16. The molecule has 1 fully saturated rings. The third-order valence-electron chi connectivity index (χ3n) is 9.88. The molecule has 5 atom stereocenters. The van der Waals surface area contributed by atoms with Crippen LogP contribution in [0.1, 0.15) is 94.5 Å². The zero-order valence-corrected chi connectivity index (χ0v) is 32.0. The molecule has 2 heterocycles. The molecular weight excluding hydrogens is 677 g/mol. The molecule has 0 radical (unpaired) electrons. The van der Waals surface area contributed by atoms with E-state index in [0.717, 1.165) is 53.8 Å². The van der Waals surface area contributed by atoms with Gasteiger partial charge < -0.3 is 32.3 Å². The predicted molar refractivity (Wildman–Crippen MR) is 206 cm³/mol. The molecule has 0 spiro atoms. The summed E-state index contributed by atoms with van der Waals surface area (Å²) >= 11 is 1.59. The Balaban J connectivity index is 1.22. The number of amides is 3. The number of aliphatic hydroxyl groups is 2. The number of hydrogen-bond acceptors (Lipinski definition) is 9. The number of aryl methyl sites for hydroxylation is 3. The maximum Gasteiger partial charge on any atom is 0.237 e. The van der Waals surface area contributed by atoms with Crippen molar-refractivity contribution in [2.24, 2.45) is 16.9 Å². The fourth-order valence-corrected chi connectivity index (χ4v) is 7.56. The van der Waals surface area contributed by atoms with E-state index < -0.39 is 29.8 Å². The third kappa shape index (κ3) is 12.5. The summed E-state index contributed by atoms with van der Waals surface area (Å²) in [6.45, 7) is 8.27. The van der Waals surface area contributed by atoms with Crippen molar-refractivity contribution in [3.63, 3.8) is 0 Å². The first kappa shape index (κ1) is 41.1. The van der Waals surface area contributed by atoms with Gasteiger partial charge in [-0.05, 0) is 86.0 Å². The van der Waals surface area contributed by atoms with Gasteiger partial charge in [0.05, 0.1) is 34.3 Å². The molecule has 2 aromatic carbocycles. The second-order valence-corrected chi connectivity index (χ2v) is 16.1. The number of β-amino-alcohol motifs (C(OH)–C–C–N with tert-alkyl or cyclic N) is 1. The summed E-state index contributed by atoms with van der Waals surface area (Å²) in [6, 6.07) is 15.1. The van der Waals surface area contributed by atoms with Crippen LogP contribution in [-0.2, 0) is 33.8 Å². The number of rotatable bonds is 19. The molecular formula is C40H58N6O5S. The summed E-state index contributed by atoms with van der Waals surface area (Å²) in [5.74, 6) is -0.736. The maximum atomic E-state index is 13.4. The molecule has 3 aromatic rings. The number of aromatic nitrogens is 1. The van der Waals surface area contributed by atoms with E-state index >= 15 is 0 Å². The lowest BCUT2D eigenvalue weighted by Crippen LogP contribution is -2.60. The molecule has 0 saturated carbocycles. The number of primary amides is 1. The van der Waals surface area contributed by atoms with Crippen molar-refractivity contribution in [1.29, 1.82) is 0 Å². The highest BCUT2D eigenvalue weighted by molar-refractivity contribution is 7.13. The lowest BCUT2D eigenvalue weighted by Gasteiger charge is -2.40. The van der Waals surface area contributed by atoms with E-state index in [1.807, 2.05) is 57.5 Å². The molecule has 4 rings (SSSR count).